The number of ether oxygens (including phenoxy) is 2. The predicted octanol–water partition coefficient (Wildman–Crippen LogP) is 14.0. The van der Waals surface area contributed by atoms with Gasteiger partial charge in [-0.3, -0.25) is 18.6 Å². The van der Waals surface area contributed by atoms with Crippen LogP contribution in [0.5, 0.6) is 0 Å². The molecule has 0 saturated carbocycles. The normalized spacial score (nSPS) is 13.1. The number of hydrogen-bond donors (Lipinski definition) is 2. The zero-order valence-electron chi connectivity index (χ0n) is 36.9. The van der Waals surface area contributed by atoms with E-state index in [4.69, 9.17) is 24.3 Å². The lowest BCUT2D eigenvalue weighted by Crippen LogP contribution is -2.29. The van der Waals surface area contributed by atoms with Crippen molar-refractivity contribution in [1.29, 1.82) is 0 Å². The van der Waals surface area contributed by atoms with E-state index in [0.717, 1.165) is 44.9 Å². The molecule has 9 nitrogen and oxygen atoms in total. The van der Waals surface area contributed by atoms with Crippen LogP contribution in [0.2, 0.25) is 0 Å². The van der Waals surface area contributed by atoms with Crippen LogP contribution in [0.4, 0.5) is 0 Å². The van der Waals surface area contributed by atoms with Crippen LogP contribution in [-0.2, 0) is 32.7 Å². The van der Waals surface area contributed by atoms with Gasteiger partial charge in [0.2, 0.25) is 0 Å². The average molecular weight is 818 g/mol. The lowest BCUT2D eigenvalue weighted by atomic mass is 10.0. The molecule has 0 amide bonds. The van der Waals surface area contributed by atoms with E-state index in [2.05, 4.69) is 13.8 Å². The number of nitrogens with two attached hydrogens (primary N) is 1. The lowest BCUT2D eigenvalue weighted by Gasteiger charge is -2.19. The van der Waals surface area contributed by atoms with Crippen molar-refractivity contribution in [3.63, 3.8) is 0 Å². The Hall–Kier alpha value is -0.990. The number of carbonyl (C=O) groups excluding carboxylic acids is 2. The van der Waals surface area contributed by atoms with Crippen LogP contribution in [0.15, 0.2) is 0 Å². The topological polar surface area (TPSA) is 134 Å². The standard InChI is InChI=1S/C46H92NO8P/c1-3-5-7-9-10-11-12-13-14-15-16-17-18-19-20-21-22-23-24-25-26-27-28-29-30-31-32-33-35-37-39-46(49)55-44(43-54-56(50,51)53-41-40-47)42-52-45(48)38-36-34-8-6-4-2/h44H,3-43,47H2,1-2H3,(H,50,51). The quantitative estimate of drug-likeness (QED) is 0.0350. The summed E-state index contributed by atoms with van der Waals surface area (Å²) < 4.78 is 32.6. The Morgan fingerprint density at radius 2 is 0.768 bits per heavy atom. The van der Waals surface area contributed by atoms with Crippen molar-refractivity contribution in [2.45, 2.75) is 258 Å². The van der Waals surface area contributed by atoms with E-state index in [1.807, 2.05) is 0 Å². The van der Waals surface area contributed by atoms with Gasteiger partial charge >= 0.3 is 19.8 Å². The van der Waals surface area contributed by atoms with Gasteiger partial charge in [-0.05, 0) is 12.8 Å². The van der Waals surface area contributed by atoms with Crippen molar-refractivity contribution in [2.24, 2.45) is 5.73 Å². The number of hydrogen-bond acceptors (Lipinski definition) is 8. The second-order valence-electron chi connectivity index (χ2n) is 16.3. The molecule has 0 aromatic rings. The molecule has 0 aromatic carbocycles. The third-order valence-corrected chi connectivity index (χ3v) is 11.7. The Bertz CT molecular complexity index is 891. The zero-order chi connectivity index (χ0) is 41.1. The molecule has 0 aliphatic heterocycles. The zero-order valence-corrected chi connectivity index (χ0v) is 37.8. The Balaban J connectivity index is 3.70. The fraction of sp³-hybridized carbons (Fsp3) is 0.957. The average Bonchev–Trinajstić information content (AvgIpc) is 3.18. The molecule has 0 rings (SSSR count). The van der Waals surface area contributed by atoms with Crippen molar-refractivity contribution in [3.05, 3.63) is 0 Å². The van der Waals surface area contributed by atoms with Crippen molar-refractivity contribution in [2.75, 3.05) is 26.4 Å². The van der Waals surface area contributed by atoms with Gasteiger partial charge in [-0.15, -0.1) is 0 Å². The molecule has 10 heteroatoms. The summed E-state index contributed by atoms with van der Waals surface area (Å²) in [5, 5.41) is 0. The first-order valence-corrected chi connectivity index (χ1v) is 25.5. The van der Waals surface area contributed by atoms with Crippen molar-refractivity contribution in [1.82, 2.24) is 0 Å². The maximum absolute atomic E-state index is 12.5. The molecule has 56 heavy (non-hydrogen) atoms. The van der Waals surface area contributed by atoms with E-state index in [-0.39, 0.29) is 38.6 Å². The summed E-state index contributed by atoms with van der Waals surface area (Å²) in [4.78, 5) is 34.5. The highest BCUT2D eigenvalue weighted by Gasteiger charge is 2.26. The molecule has 0 aliphatic carbocycles. The van der Waals surface area contributed by atoms with E-state index >= 15 is 0 Å². The SMILES string of the molecule is CCCCCCCCCCCCCCCCCCCCCCCCCCCCCCCCC(=O)OC(COC(=O)CCCCCCC)COP(=O)(O)OCCN. The van der Waals surface area contributed by atoms with Gasteiger partial charge in [-0.2, -0.15) is 0 Å². The maximum Gasteiger partial charge on any atom is 0.472 e. The number of phosphoric acid groups is 1. The van der Waals surface area contributed by atoms with Gasteiger partial charge in [0, 0.05) is 19.4 Å². The minimum atomic E-state index is -4.36. The van der Waals surface area contributed by atoms with Crippen LogP contribution in [0.3, 0.4) is 0 Å². The van der Waals surface area contributed by atoms with Crippen LogP contribution in [0.1, 0.15) is 251 Å². The molecule has 0 radical (unpaired) electrons. The first kappa shape index (κ1) is 55.0. The van der Waals surface area contributed by atoms with Gasteiger partial charge in [0.15, 0.2) is 6.10 Å². The predicted molar refractivity (Wildman–Crippen MR) is 234 cm³/mol. The molecule has 0 aromatic heterocycles. The number of phosphoric ester groups is 1. The second-order valence-corrected chi connectivity index (χ2v) is 17.8. The van der Waals surface area contributed by atoms with E-state index in [1.165, 1.54) is 173 Å². The molecule has 0 fully saturated rings. The summed E-state index contributed by atoms with van der Waals surface area (Å²) in [5.41, 5.74) is 5.33. The van der Waals surface area contributed by atoms with Gasteiger partial charge in [-0.25, -0.2) is 4.57 Å². The summed E-state index contributed by atoms with van der Waals surface area (Å²) in [5.74, 6) is -0.828. The Kier molecular flexibility index (Phi) is 42.8. The number of unbranched alkanes of at least 4 members (excludes halogenated alkanes) is 33. The molecule has 0 aliphatic rings. The van der Waals surface area contributed by atoms with Gasteiger partial charge < -0.3 is 20.1 Å². The highest BCUT2D eigenvalue weighted by atomic mass is 31.2. The summed E-state index contributed by atoms with van der Waals surface area (Å²) in [6, 6.07) is 0. The largest absolute Gasteiger partial charge is 0.472 e. The van der Waals surface area contributed by atoms with Crippen LogP contribution in [0.25, 0.3) is 0 Å². The minimum Gasteiger partial charge on any atom is -0.462 e. The second kappa shape index (κ2) is 43.6. The molecule has 0 heterocycles. The number of rotatable bonds is 46. The highest BCUT2D eigenvalue weighted by Crippen LogP contribution is 2.43. The fourth-order valence-corrected chi connectivity index (χ4v) is 7.93. The molecule has 0 bridgehead atoms. The van der Waals surface area contributed by atoms with E-state index in [1.54, 1.807) is 0 Å². The molecule has 0 spiro atoms. The minimum absolute atomic E-state index is 0.0574. The summed E-state index contributed by atoms with van der Waals surface area (Å²) in [7, 11) is -4.36. The van der Waals surface area contributed by atoms with Gasteiger partial charge in [-0.1, -0.05) is 226 Å². The van der Waals surface area contributed by atoms with Crippen LogP contribution < -0.4 is 5.73 Å². The molecule has 2 atom stereocenters. The number of carbonyl (C=O) groups is 2. The highest BCUT2D eigenvalue weighted by molar-refractivity contribution is 7.47. The molecular formula is C46H92NO8P. The van der Waals surface area contributed by atoms with Crippen LogP contribution in [-0.4, -0.2) is 49.3 Å². The first-order valence-electron chi connectivity index (χ1n) is 24.0. The summed E-state index contributed by atoms with van der Waals surface area (Å²) in [6.45, 7) is 3.67. The maximum atomic E-state index is 12.5. The van der Waals surface area contributed by atoms with Gasteiger partial charge in [0.25, 0.3) is 0 Å². The molecule has 334 valence electrons. The van der Waals surface area contributed by atoms with E-state index in [9.17, 15) is 19.0 Å². The molecule has 3 N–H and O–H groups in total. The third-order valence-electron chi connectivity index (χ3n) is 10.7. The lowest BCUT2D eigenvalue weighted by molar-refractivity contribution is -0.161. The Morgan fingerprint density at radius 3 is 1.09 bits per heavy atom. The van der Waals surface area contributed by atoms with Crippen molar-refractivity contribution in [3.8, 4) is 0 Å². The molecule has 2 unspecified atom stereocenters. The van der Waals surface area contributed by atoms with Crippen LogP contribution >= 0.6 is 7.82 Å². The first-order chi connectivity index (χ1) is 27.3. The molecule has 0 saturated heterocycles. The summed E-state index contributed by atoms with van der Waals surface area (Å²) in [6.07, 6.45) is 45.1. The van der Waals surface area contributed by atoms with E-state index < -0.39 is 26.5 Å². The van der Waals surface area contributed by atoms with Crippen molar-refractivity contribution >= 4 is 19.8 Å². The smallest absolute Gasteiger partial charge is 0.462 e. The Morgan fingerprint density at radius 1 is 0.464 bits per heavy atom. The van der Waals surface area contributed by atoms with E-state index in [0.29, 0.717) is 6.42 Å². The fourth-order valence-electron chi connectivity index (χ4n) is 7.17. The summed E-state index contributed by atoms with van der Waals surface area (Å²) >= 11 is 0. The number of esters is 2. The Labute approximate surface area is 346 Å². The van der Waals surface area contributed by atoms with Crippen LogP contribution in [0, 0.1) is 0 Å². The third kappa shape index (κ3) is 42.6. The monoisotopic (exact) mass is 818 g/mol. The molecular weight excluding hydrogens is 725 g/mol. The van der Waals surface area contributed by atoms with Crippen molar-refractivity contribution < 1.29 is 37.6 Å². The van der Waals surface area contributed by atoms with Gasteiger partial charge in [0.1, 0.15) is 6.61 Å². The van der Waals surface area contributed by atoms with Gasteiger partial charge in [0.05, 0.1) is 13.2 Å².